The molecule has 1 aliphatic rings. The molecule has 0 saturated carbocycles. The number of aromatic hydroxyl groups is 1. The largest absolute Gasteiger partial charge is 0.508 e. The van der Waals surface area contributed by atoms with Crippen molar-refractivity contribution in [1.82, 2.24) is 0 Å². The maximum atomic E-state index is 12.5. The number of allylic oxidation sites excluding steroid dienone is 2. The van der Waals surface area contributed by atoms with Crippen LogP contribution in [0.2, 0.25) is 0 Å². The zero-order valence-corrected chi connectivity index (χ0v) is 15.1. The van der Waals surface area contributed by atoms with Gasteiger partial charge in [0.25, 0.3) is 16.8 Å². The van der Waals surface area contributed by atoms with Crippen molar-refractivity contribution in [1.29, 1.82) is 0 Å². The van der Waals surface area contributed by atoms with E-state index in [1.807, 2.05) is 0 Å². The van der Waals surface area contributed by atoms with Gasteiger partial charge >= 0.3 is 0 Å². The lowest BCUT2D eigenvalue weighted by Crippen LogP contribution is -2.27. The van der Waals surface area contributed by atoms with Gasteiger partial charge in [-0.05, 0) is 65.9 Å². The van der Waals surface area contributed by atoms with E-state index in [0.29, 0.717) is 11.3 Å². The second-order valence-electron chi connectivity index (χ2n) is 5.41. The van der Waals surface area contributed by atoms with Gasteiger partial charge in [-0.3, -0.25) is 19.7 Å². The quantitative estimate of drug-likeness (QED) is 0.453. The second kappa shape index (κ2) is 7.65. The summed E-state index contributed by atoms with van der Waals surface area (Å²) in [5, 5.41) is 19.7. The Labute approximate surface area is 162 Å². The highest BCUT2D eigenvalue weighted by molar-refractivity contribution is 8.18. The number of imide groups is 1. The Balaban J connectivity index is 1.82. The summed E-state index contributed by atoms with van der Waals surface area (Å²) >= 11 is 6.90. The number of phenolic OH excluding ortho intramolecular Hbond substituents is 1. The smallest absolute Gasteiger partial charge is 0.298 e. The Kier molecular flexibility index (Phi) is 5.29. The number of hydrogen-bond acceptors (Lipinski definition) is 6. The molecule has 0 aliphatic carbocycles. The molecule has 0 bridgehead atoms. The molecule has 1 N–H and O–H groups in total. The van der Waals surface area contributed by atoms with Gasteiger partial charge in [0.2, 0.25) is 0 Å². The number of amides is 2. The molecule has 0 aromatic heterocycles. The predicted octanol–water partition coefficient (Wildman–Crippen LogP) is 4.66. The summed E-state index contributed by atoms with van der Waals surface area (Å²) in [6.45, 7) is 0. The topological polar surface area (TPSA) is 101 Å². The first kappa shape index (κ1) is 18.7. The highest BCUT2D eigenvalue weighted by Crippen LogP contribution is 2.36. The highest BCUT2D eigenvalue weighted by Gasteiger charge is 2.36. The number of carbonyl (C=O) groups excluding carboxylic acids is 2. The zero-order valence-electron chi connectivity index (χ0n) is 13.5. The van der Waals surface area contributed by atoms with E-state index < -0.39 is 16.1 Å². The molecule has 0 spiro atoms. The van der Waals surface area contributed by atoms with E-state index in [0.717, 1.165) is 16.7 Å². The van der Waals surface area contributed by atoms with Crippen molar-refractivity contribution < 1.29 is 19.6 Å². The van der Waals surface area contributed by atoms with Gasteiger partial charge in [0.15, 0.2) is 0 Å². The molecule has 1 saturated heterocycles. The fraction of sp³-hybridized carbons (Fsp3) is 0. The summed E-state index contributed by atoms with van der Waals surface area (Å²) in [6.07, 6.45) is 2.90. The number of halogens is 1. The van der Waals surface area contributed by atoms with Crippen LogP contribution in [-0.2, 0) is 4.79 Å². The standard InChI is InChI=1S/C18H11ClN2O5S/c19-12(9-11-1-3-14(4-2-11)21(25)26)10-16-17(23)20(18(24)27-16)13-5-7-15(22)8-6-13/h1-10,22H/b12-9-,16-10-. The number of rotatable bonds is 4. The fourth-order valence-electron chi connectivity index (χ4n) is 2.31. The van der Waals surface area contributed by atoms with Crippen molar-refractivity contribution in [2.75, 3.05) is 4.90 Å². The SMILES string of the molecule is O=C1S/C(=C\C(Cl)=C\c2ccc([N+](=O)[O-])cc2)C(=O)N1c1ccc(O)cc1. The minimum absolute atomic E-state index is 0.0235. The normalized spacial score (nSPS) is 16.3. The van der Waals surface area contributed by atoms with Crippen LogP contribution in [0.3, 0.4) is 0 Å². The summed E-state index contributed by atoms with van der Waals surface area (Å²) in [5.41, 5.74) is 0.909. The van der Waals surface area contributed by atoms with Crippen molar-refractivity contribution in [2.45, 2.75) is 0 Å². The molecule has 0 atom stereocenters. The first-order valence-electron chi connectivity index (χ1n) is 7.54. The van der Waals surface area contributed by atoms with Gasteiger partial charge in [-0.2, -0.15) is 0 Å². The number of hydrogen-bond donors (Lipinski definition) is 1. The van der Waals surface area contributed by atoms with Gasteiger partial charge in [-0.1, -0.05) is 11.6 Å². The number of anilines is 1. The van der Waals surface area contributed by atoms with Crippen LogP contribution >= 0.6 is 23.4 Å². The van der Waals surface area contributed by atoms with Gasteiger partial charge in [-0.15, -0.1) is 0 Å². The lowest BCUT2D eigenvalue weighted by atomic mass is 10.2. The average Bonchev–Trinajstić information content (AvgIpc) is 2.90. The Bertz CT molecular complexity index is 984. The van der Waals surface area contributed by atoms with Gasteiger partial charge < -0.3 is 5.11 Å². The molecule has 2 aromatic carbocycles. The monoisotopic (exact) mass is 402 g/mol. The molecule has 9 heteroatoms. The third-order valence-corrected chi connectivity index (χ3v) is 4.67. The van der Waals surface area contributed by atoms with E-state index in [9.17, 15) is 24.8 Å². The minimum Gasteiger partial charge on any atom is -0.508 e. The van der Waals surface area contributed by atoms with Crippen LogP contribution in [0, 0.1) is 10.1 Å². The van der Waals surface area contributed by atoms with E-state index in [1.165, 1.54) is 60.7 Å². The Morgan fingerprint density at radius 3 is 2.33 bits per heavy atom. The Hall–Kier alpha value is -3.10. The first-order valence-corrected chi connectivity index (χ1v) is 8.73. The third-order valence-electron chi connectivity index (χ3n) is 3.58. The van der Waals surface area contributed by atoms with Gasteiger partial charge in [0.1, 0.15) is 5.75 Å². The molecular formula is C18H11ClN2O5S. The second-order valence-corrected chi connectivity index (χ2v) is 6.84. The van der Waals surface area contributed by atoms with Crippen LogP contribution in [0.4, 0.5) is 16.2 Å². The number of phenols is 1. The van der Waals surface area contributed by atoms with Gasteiger partial charge in [0, 0.05) is 17.2 Å². The van der Waals surface area contributed by atoms with Crippen molar-refractivity contribution >= 4 is 52.0 Å². The van der Waals surface area contributed by atoms with Gasteiger partial charge in [0.05, 0.1) is 15.5 Å². The summed E-state index contributed by atoms with van der Waals surface area (Å²) in [4.78, 5) is 36.0. The highest BCUT2D eigenvalue weighted by atomic mass is 35.5. The Morgan fingerprint density at radius 2 is 1.74 bits per heavy atom. The number of carbonyl (C=O) groups is 2. The zero-order chi connectivity index (χ0) is 19.6. The molecule has 0 radical (unpaired) electrons. The first-order chi connectivity index (χ1) is 12.8. The summed E-state index contributed by atoms with van der Waals surface area (Å²) < 4.78 is 0. The number of nitrogens with zero attached hydrogens (tertiary/aromatic N) is 2. The molecule has 3 rings (SSSR count). The molecule has 1 fully saturated rings. The number of thioether (sulfide) groups is 1. The summed E-state index contributed by atoms with van der Waals surface area (Å²) in [5.74, 6) is -0.499. The molecular weight excluding hydrogens is 392 g/mol. The van der Waals surface area contributed by atoms with Crippen LogP contribution in [0.15, 0.2) is 64.5 Å². The van der Waals surface area contributed by atoms with Crippen LogP contribution in [-0.4, -0.2) is 21.2 Å². The van der Waals surface area contributed by atoms with Crippen LogP contribution in [0.25, 0.3) is 6.08 Å². The molecule has 27 heavy (non-hydrogen) atoms. The maximum absolute atomic E-state index is 12.5. The lowest BCUT2D eigenvalue weighted by molar-refractivity contribution is -0.384. The maximum Gasteiger partial charge on any atom is 0.298 e. The molecule has 0 unspecified atom stereocenters. The third kappa shape index (κ3) is 4.18. The lowest BCUT2D eigenvalue weighted by Gasteiger charge is -2.12. The van der Waals surface area contributed by atoms with E-state index in [-0.39, 0.29) is 21.4 Å². The number of benzene rings is 2. The molecule has 1 heterocycles. The average molecular weight is 403 g/mol. The van der Waals surface area contributed by atoms with Crippen LogP contribution in [0.1, 0.15) is 5.56 Å². The minimum atomic E-state index is -0.522. The molecule has 2 aromatic rings. The molecule has 1 aliphatic heterocycles. The molecule has 7 nitrogen and oxygen atoms in total. The summed E-state index contributed by atoms with van der Waals surface area (Å²) in [6, 6.07) is 11.4. The van der Waals surface area contributed by atoms with E-state index in [2.05, 4.69) is 0 Å². The van der Waals surface area contributed by atoms with Crippen LogP contribution in [0.5, 0.6) is 5.75 Å². The number of non-ortho nitro benzene ring substituents is 1. The predicted molar refractivity (Wildman–Crippen MR) is 104 cm³/mol. The van der Waals surface area contributed by atoms with Crippen molar-refractivity contribution in [2.24, 2.45) is 0 Å². The molecule has 136 valence electrons. The van der Waals surface area contributed by atoms with Crippen molar-refractivity contribution in [3.8, 4) is 5.75 Å². The Morgan fingerprint density at radius 1 is 1.11 bits per heavy atom. The number of nitro groups is 1. The number of nitro benzene ring substituents is 1. The van der Waals surface area contributed by atoms with E-state index in [1.54, 1.807) is 0 Å². The van der Waals surface area contributed by atoms with Gasteiger partial charge in [-0.25, -0.2) is 4.90 Å². The van der Waals surface area contributed by atoms with E-state index >= 15 is 0 Å². The van der Waals surface area contributed by atoms with Crippen LogP contribution < -0.4 is 4.90 Å². The summed E-state index contributed by atoms with van der Waals surface area (Å²) in [7, 11) is 0. The van der Waals surface area contributed by atoms with Crippen molar-refractivity contribution in [3.05, 3.63) is 80.2 Å². The fourth-order valence-corrected chi connectivity index (χ4v) is 3.44. The van der Waals surface area contributed by atoms with E-state index in [4.69, 9.17) is 11.6 Å². The molecule has 2 amide bonds. The van der Waals surface area contributed by atoms with Crippen molar-refractivity contribution in [3.63, 3.8) is 0 Å².